The predicted octanol–water partition coefficient (Wildman–Crippen LogP) is 1.42. The minimum absolute atomic E-state index is 0.505. The van der Waals surface area contributed by atoms with Crippen LogP contribution in [0.15, 0.2) is 18.2 Å². The van der Waals surface area contributed by atoms with E-state index >= 15 is 0 Å². The van der Waals surface area contributed by atoms with Gasteiger partial charge in [0, 0.05) is 12.6 Å². The molecule has 0 saturated carbocycles. The fraction of sp³-hybridized carbons (Fsp3) is 0.583. The normalized spacial score (nSPS) is 26.6. The van der Waals surface area contributed by atoms with Gasteiger partial charge in [-0.25, -0.2) is 4.98 Å². The third kappa shape index (κ3) is 2.64. The minimum Gasteiger partial charge on any atom is -0.384 e. The van der Waals surface area contributed by atoms with Crippen molar-refractivity contribution in [2.75, 3.05) is 31.2 Å². The van der Waals surface area contributed by atoms with E-state index in [0.29, 0.717) is 17.8 Å². The van der Waals surface area contributed by atoms with Gasteiger partial charge in [0.15, 0.2) is 0 Å². The molecule has 88 valence electrons. The van der Waals surface area contributed by atoms with Crippen LogP contribution in [0, 0.1) is 5.92 Å². The Hall–Kier alpha value is -1.29. The zero-order valence-electron chi connectivity index (χ0n) is 9.98. The number of piperidine rings is 1. The molecule has 3 N–H and O–H groups in total. The summed E-state index contributed by atoms with van der Waals surface area (Å²) in [5.74, 6) is 2.11. The number of nitrogens with zero attached hydrogens (tertiary/aromatic N) is 2. The largest absolute Gasteiger partial charge is 0.384 e. The summed E-state index contributed by atoms with van der Waals surface area (Å²) < 4.78 is 0. The first-order chi connectivity index (χ1) is 7.65. The van der Waals surface area contributed by atoms with Crippen LogP contribution in [0.5, 0.6) is 0 Å². The number of nitrogens with two attached hydrogens (primary N) is 1. The third-order valence-electron chi connectivity index (χ3n) is 3.21. The summed E-state index contributed by atoms with van der Waals surface area (Å²) >= 11 is 0. The summed E-state index contributed by atoms with van der Waals surface area (Å²) in [5.41, 5.74) is 5.66. The summed E-state index contributed by atoms with van der Waals surface area (Å²) in [6.07, 6.45) is 1.16. The molecule has 1 saturated heterocycles. The lowest BCUT2D eigenvalue weighted by atomic mass is 9.94. The zero-order chi connectivity index (χ0) is 11.5. The van der Waals surface area contributed by atoms with Crippen molar-refractivity contribution in [2.45, 2.75) is 19.4 Å². The van der Waals surface area contributed by atoms with Crippen molar-refractivity contribution in [2.24, 2.45) is 5.92 Å². The van der Waals surface area contributed by atoms with Gasteiger partial charge in [-0.15, -0.1) is 0 Å². The molecule has 4 nitrogen and oxygen atoms in total. The van der Waals surface area contributed by atoms with E-state index in [2.05, 4.69) is 29.2 Å². The van der Waals surface area contributed by atoms with E-state index in [-0.39, 0.29) is 0 Å². The molecule has 2 unspecified atom stereocenters. The maximum Gasteiger partial charge on any atom is 0.128 e. The Morgan fingerprint density at radius 3 is 3.00 bits per heavy atom. The van der Waals surface area contributed by atoms with Crippen molar-refractivity contribution in [3.05, 3.63) is 18.2 Å². The quantitative estimate of drug-likeness (QED) is 0.791. The van der Waals surface area contributed by atoms with Gasteiger partial charge in [0.25, 0.3) is 0 Å². The predicted molar refractivity (Wildman–Crippen MR) is 67.3 cm³/mol. The van der Waals surface area contributed by atoms with Crippen molar-refractivity contribution >= 4 is 11.6 Å². The first kappa shape index (κ1) is 11.2. The van der Waals surface area contributed by atoms with Gasteiger partial charge in [0.1, 0.15) is 11.6 Å². The first-order valence-corrected chi connectivity index (χ1v) is 5.83. The molecule has 0 aliphatic carbocycles. The van der Waals surface area contributed by atoms with Crippen LogP contribution < -0.4 is 11.1 Å². The van der Waals surface area contributed by atoms with E-state index in [1.165, 1.54) is 0 Å². The van der Waals surface area contributed by atoms with Gasteiger partial charge >= 0.3 is 0 Å². The Kier molecular flexibility index (Phi) is 3.29. The fourth-order valence-electron chi connectivity index (χ4n) is 2.29. The first-order valence-electron chi connectivity index (χ1n) is 5.83. The highest BCUT2D eigenvalue weighted by molar-refractivity contribution is 5.43. The molecule has 0 radical (unpaired) electrons. The van der Waals surface area contributed by atoms with Crippen molar-refractivity contribution in [3.8, 4) is 0 Å². The molecule has 1 aliphatic rings. The lowest BCUT2D eigenvalue weighted by Crippen LogP contribution is -2.43. The van der Waals surface area contributed by atoms with Gasteiger partial charge in [-0.3, -0.25) is 0 Å². The third-order valence-corrected chi connectivity index (χ3v) is 3.21. The van der Waals surface area contributed by atoms with Gasteiger partial charge in [0.05, 0.1) is 0 Å². The van der Waals surface area contributed by atoms with E-state index in [1.54, 1.807) is 0 Å². The molecule has 0 amide bonds. The average Bonchev–Trinajstić information content (AvgIpc) is 2.22. The minimum atomic E-state index is 0.505. The second-order valence-electron chi connectivity index (χ2n) is 4.73. The molecule has 1 fully saturated rings. The fourth-order valence-corrected chi connectivity index (χ4v) is 2.29. The van der Waals surface area contributed by atoms with Crippen molar-refractivity contribution < 1.29 is 0 Å². The zero-order valence-corrected chi connectivity index (χ0v) is 9.98. The Labute approximate surface area is 96.8 Å². The topological polar surface area (TPSA) is 54.2 Å². The Bertz CT molecular complexity index is 353. The lowest BCUT2D eigenvalue weighted by Gasteiger charge is -2.35. The summed E-state index contributed by atoms with van der Waals surface area (Å²) in [7, 11) is 2.17. The number of hydrogen-bond donors (Lipinski definition) is 2. The second kappa shape index (κ2) is 4.70. The molecular formula is C12H20N4. The highest BCUT2D eigenvalue weighted by Gasteiger charge is 2.24. The van der Waals surface area contributed by atoms with Crippen molar-refractivity contribution in [3.63, 3.8) is 0 Å². The van der Waals surface area contributed by atoms with Gasteiger partial charge in [0.2, 0.25) is 0 Å². The molecule has 0 aromatic carbocycles. The number of likely N-dealkylation sites (tertiary alicyclic amines) is 1. The number of pyridine rings is 1. The van der Waals surface area contributed by atoms with E-state index < -0.39 is 0 Å². The van der Waals surface area contributed by atoms with E-state index in [4.69, 9.17) is 5.73 Å². The van der Waals surface area contributed by atoms with Gasteiger partial charge in [-0.05, 0) is 38.1 Å². The summed E-state index contributed by atoms with van der Waals surface area (Å²) in [4.78, 5) is 6.64. The molecule has 2 atom stereocenters. The Morgan fingerprint density at radius 2 is 2.31 bits per heavy atom. The maximum absolute atomic E-state index is 5.66. The SMILES string of the molecule is CC1CN(C)CCC1Nc1cccc(N)n1. The van der Waals surface area contributed by atoms with Crippen molar-refractivity contribution in [1.82, 2.24) is 9.88 Å². The second-order valence-corrected chi connectivity index (χ2v) is 4.73. The van der Waals surface area contributed by atoms with Gasteiger partial charge in [-0.2, -0.15) is 0 Å². The summed E-state index contributed by atoms with van der Waals surface area (Å²) in [6, 6.07) is 6.22. The molecule has 2 heterocycles. The van der Waals surface area contributed by atoms with Crippen LogP contribution in [-0.4, -0.2) is 36.1 Å². The van der Waals surface area contributed by atoms with E-state index in [1.807, 2.05) is 18.2 Å². The highest BCUT2D eigenvalue weighted by atomic mass is 15.1. The van der Waals surface area contributed by atoms with E-state index in [0.717, 1.165) is 25.3 Å². The van der Waals surface area contributed by atoms with Gasteiger partial charge < -0.3 is 16.0 Å². The number of hydrogen-bond acceptors (Lipinski definition) is 4. The number of rotatable bonds is 2. The molecule has 16 heavy (non-hydrogen) atoms. The summed E-state index contributed by atoms with van der Waals surface area (Å²) in [5, 5.41) is 3.47. The summed E-state index contributed by atoms with van der Waals surface area (Å²) in [6.45, 7) is 4.56. The Morgan fingerprint density at radius 1 is 1.50 bits per heavy atom. The molecule has 2 rings (SSSR count). The number of nitrogen functional groups attached to an aromatic ring is 1. The standard InChI is InChI=1S/C12H20N4/c1-9-8-16(2)7-6-10(9)14-12-5-3-4-11(13)15-12/h3-5,9-10H,6-8H2,1-2H3,(H3,13,14,15). The molecule has 1 aromatic heterocycles. The lowest BCUT2D eigenvalue weighted by molar-refractivity contribution is 0.206. The number of aromatic nitrogens is 1. The molecule has 0 spiro atoms. The van der Waals surface area contributed by atoms with E-state index in [9.17, 15) is 0 Å². The number of nitrogens with one attached hydrogen (secondary N) is 1. The monoisotopic (exact) mass is 220 g/mol. The molecular weight excluding hydrogens is 200 g/mol. The molecule has 4 heteroatoms. The molecule has 0 bridgehead atoms. The smallest absolute Gasteiger partial charge is 0.128 e. The van der Waals surface area contributed by atoms with Gasteiger partial charge in [-0.1, -0.05) is 13.0 Å². The average molecular weight is 220 g/mol. The highest BCUT2D eigenvalue weighted by Crippen LogP contribution is 2.19. The Balaban J connectivity index is 1.99. The van der Waals surface area contributed by atoms with Crippen LogP contribution in [0.1, 0.15) is 13.3 Å². The van der Waals surface area contributed by atoms with Crippen LogP contribution >= 0.6 is 0 Å². The van der Waals surface area contributed by atoms with Crippen LogP contribution in [0.25, 0.3) is 0 Å². The van der Waals surface area contributed by atoms with Crippen LogP contribution in [0.4, 0.5) is 11.6 Å². The molecule has 1 aromatic rings. The van der Waals surface area contributed by atoms with Crippen LogP contribution in [-0.2, 0) is 0 Å². The number of anilines is 2. The van der Waals surface area contributed by atoms with Crippen LogP contribution in [0.2, 0.25) is 0 Å². The van der Waals surface area contributed by atoms with Crippen molar-refractivity contribution in [1.29, 1.82) is 0 Å². The van der Waals surface area contributed by atoms with Crippen LogP contribution in [0.3, 0.4) is 0 Å². The molecule has 1 aliphatic heterocycles. The maximum atomic E-state index is 5.66.